The number of carbonyl (C=O) groups excluding carboxylic acids is 2. The molecule has 9 aromatic carbocycles. The molecule has 6 heterocycles. The number of rotatable bonds is 22. The van der Waals surface area contributed by atoms with Gasteiger partial charge in [0.1, 0.15) is 69.2 Å². The fraction of sp³-hybridized carbons (Fsp3) is 0.284. The van der Waals surface area contributed by atoms with Gasteiger partial charge in [0.25, 0.3) is 22.6 Å². The summed E-state index contributed by atoms with van der Waals surface area (Å²) in [4.78, 5) is 115. The second kappa shape index (κ2) is 41.5. The average molecular weight is 1710 g/mol. The lowest BCUT2D eigenvalue weighted by molar-refractivity contribution is 0.0743. The van der Waals surface area contributed by atoms with Gasteiger partial charge in [-0.05, 0) is 116 Å². The van der Waals surface area contributed by atoms with Crippen molar-refractivity contribution in [2.24, 2.45) is 5.73 Å². The molecule has 0 saturated carbocycles. The summed E-state index contributed by atoms with van der Waals surface area (Å²) in [6, 6.07) is 58.2. The molecule has 125 heavy (non-hydrogen) atoms. The predicted octanol–water partition coefficient (Wildman–Crippen LogP) is 11.6. The number of hydrogen-bond donors (Lipinski definition) is 5. The fourth-order valence-electron chi connectivity index (χ4n) is 15.8. The monoisotopic (exact) mass is 1710 g/mol. The number of anilines is 3. The van der Waals surface area contributed by atoms with Crippen LogP contribution in [-0.2, 0) is 45.8 Å². The van der Waals surface area contributed by atoms with E-state index in [9.17, 15) is 74.9 Å². The lowest BCUT2D eigenvalue weighted by Crippen LogP contribution is -2.52. The standard InChI is InChI=1S/C32H32F2N4O4.C31H33F2N5O3.C25H28F2N4O2.C7H6O2/c1-21(23-9-4-3-5-10-23)19-38-31(41)29(22(2)37(32(38)42)20-25-26(33)12-8-13-27(25)34)35-15-17-36(18-16-35)30(40)24-11-6-7-14-28(24)39;1-21-29(36-16-14-35(15-17-36)18-23-10-5-6-13-28(23)39)30(40)38(20-27(34)22-8-3-2-4-9-22)31(41)37(21)19-24-25(32)11-7-12-26(24)33;1-17(19-7-4-3-5-8-19)15-31-24(32)23(29-13-11-28-12-14-29)18(2)30(25(31)33)16-20-21(26)9-6-10-22(20)27;8-5-6-3-1-2-4-7(6)9/h3-14,21,39H,15-20H2,1-2H3;2-13,27,39H,14-20,34H2,1H3;3-10,17,28H,11-16H2,1-2H3;1-5,9H/t21-;27-;17-;/m000./s1. The third-order valence-corrected chi connectivity index (χ3v) is 23.0. The second-order valence-corrected chi connectivity index (χ2v) is 31.0. The zero-order valence-electron chi connectivity index (χ0n) is 69.9. The molecule has 3 saturated heterocycles. The van der Waals surface area contributed by atoms with E-state index >= 15 is 0 Å². The maximum Gasteiger partial charge on any atom is 0.331 e. The third-order valence-electron chi connectivity index (χ3n) is 23.0. The lowest BCUT2D eigenvalue weighted by Gasteiger charge is -2.37. The maximum atomic E-state index is 14.7. The first-order chi connectivity index (χ1) is 60.1. The van der Waals surface area contributed by atoms with Gasteiger partial charge in [-0.3, -0.25) is 56.3 Å². The van der Waals surface area contributed by atoms with Crippen molar-refractivity contribution in [3.05, 3.63) is 383 Å². The summed E-state index contributed by atoms with van der Waals surface area (Å²) in [6.45, 7) is 14.4. The minimum Gasteiger partial charge on any atom is -0.508 e. The van der Waals surface area contributed by atoms with Crippen molar-refractivity contribution in [1.82, 2.24) is 42.5 Å². The Hall–Kier alpha value is -13.6. The van der Waals surface area contributed by atoms with E-state index < -0.39 is 69.1 Å². The van der Waals surface area contributed by atoms with Gasteiger partial charge >= 0.3 is 17.1 Å². The summed E-state index contributed by atoms with van der Waals surface area (Å²) in [5.74, 6) is -5.01. The van der Waals surface area contributed by atoms with Crippen molar-refractivity contribution in [1.29, 1.82) is 0 Å². The van der Waals surface area contributed by atoms with E-state index in [0.29, 0.717) is 93.5 Å². The topological polar surface area (TPSA) is 281 Å². The molecule has 652 valence electrons. The number of nitrogens with zero attached hydrogens (tertiary/aromatic N) is 11. The van der Waals surface area contributed by atoms with Crippen LogP contribution >= 0.6 is 0 Å². The van der Waals surface area contributed by atoms with Gasteiger partial charge in [-0.15, -0.1) is 0 Å². The first-order valence-corrected chi connectivity index (χ1v) is 41.1. The molecule has 0 unspecified atom stereocenters. The first kappa shape index (κ1) is 90.6. The SMILES string of the molecule is Cc1c(N2CCN(C(=O)c3ccccc3O)CC2)c(=O)n(C[C@H](C)c2ccccc2)c(=O)n1Cc1c(F)cccc1F.Cc1c(N2CCN(Cc3ccccc3O)CC2)c(=O)n(C[C@H](N)c2ccccc2)c(=O)n1Cc1c(F)cccc1F.Cc1c(N2CCNCC2)c(=O)n(C[C@H](C)c2ccccc2)c(=O)n1Cc1c(F)cccc1F.O=Cc1ccccc1O. The van der Waals surface area contributed by atoms with Gasteiger partial charge in [0.05, 0.1) is 37.3 Å². The number of nitrogens with one attached hydrogen (secondary N) is 1. The molecule has 3 aliphatic rings. The number of hydrogen-bond acceptors (Lipinski definition) is 17. The number of phenols is 3. The number of aldehydes is 1. The van der Waals surface area contributed by atoms with Crippen molar-refractivity contribution >= 4 is 29.3 Å². The summed E-state index contributed by atoms with van der Waals surface area (Å²) in [5.41, 5.74) is 8.49. The van der Waals surface area contributed by atoms with Crippen LogP contribution in [-0.4, -0.2) is 143 Å². The highest BCUT2D eigenvalue weighted by atomic mass is 19.2. The normalized spacial score (nSPS) is 14.2. The van der Waals surface area contributed by atoms with E-state index in [2.05, 4.69) is 10.2 Å². The van der Waals surface area contributed by atoms with Crippen LogP contribution in [0, 0.1) is 55.7 Å². The molecule has 0 aliphatic carbocycles. The Balaban J connectivity index is 0.000000163. The Bertz CT molecular complexity index is 6150. The number of phenolic OH excluding ortho intramolecular Hbond substituents is 3. The largest absolute Gasteiger partial charge is 0.508 e. The molecule has 15 rings (SSSR count). The van der Waals surface area contributed by atoms with Crippen LogP contribution in [0.2, 0.25) is 0 Å². The van der Waals surface area contributed by atoms with Gasteiger partial charge < -0.3 is 46.0 Å². The number of benzene rings is 9. The molecule has 3 aliphatic heterocycles. The number of aromatic nitrogens is 6. The Morgan fingerprint density at radius 3 is 1.10 bits per heavy atom. The first-order valence-electron chi connectivity index (χ1n) is 41.1. The molecular formula is C95H99F6N13O11. The van der Waals surface area contributed by atoms with Crippen molar-refractivity contribution < 1.29 is 51.3 Å². The van der Waals surface area contributed by atoms with Crippen LogP contribution in [0.25, 0.3) is 0 Å². The van der Waals surface area contributed by atoms with Gasteiger partial charge in [0.2, 0.25) is 0 Å². The fourth-order valence-corrected chi connectivity index (χ4v) is 15.8. The summed E-state index contributed by atoms with van der Waals surface area (Å²) in [6.07, 6.45) is 0.620. The highest BCUT2D eigenvalue weighted by Gasteiger charge is 2.32. The molecule has 3 aromatic heterocycles. The number of halogens is 6. The third kappa shape index (κ3) is 21.2. The lowest BCUT2D eigenvalue weighted by atomic mass is 10.0. The second-order valence-electron chi connectivity index (χ2n) is 31.0. The molecule has 1 amide bonds. The van der Waals surface area contributed by atoms with Crippen LogP contribution in [0.3, 0.4) is 0 Å². The number of amides is 1. The van der Waals surface area contributed by atoms with Gasteiger partial charge in [-0.1, -0.05) is 166 Å². The summed E-state index contributed by atoms with van der Waals surface area (Å²) < 4.78 is 94.7. The number of para-hydroxylation sites is 3. The van der Waals surface area contributed by atoms with Gasteiger partial charge in [-0.2, -0.15) is 0 Å². The van der Waals surface area contributed by atoms with Crippen molar-refractivity contribution in [2.45, 2.75) is 98.3 Å². The molecular weight excluding hydrogens is 1610 g/mol. The van der Waals surface area contributed by atoms with E-state index in [1.807, 2.05) is 132 Å². The number of aromatic hydroxyl groups is 3. The number of carbonyl (C=O) groups is 2. The van der Waals surface area contributed by atoms with Crippen molar-refractivity contribution in [3.8, 4) is 17.2 Å². The van der Waals surface area contributed by atoms with Gasteiger partial charge in [-0.25, -0.2) is 40.7 Å². The highest BCUT2D eigenvalue weighted by molar-refractivity contribution is 5.97. The summed E-state index contributed by atoms with van der Waals surface area (Å²) in [5, 5.41) is 32.4. The van der Waals surface area contributed by atoms with E-state index in [-0.39, 0.29) is 140 Å². The quantitative estimate of drug-likeness (QED) is 0.0311. The molecule has 3 fully saturated rings. The molecule has 6 N–H and O–H groups in total. The Morgan fingerprint density at radius 2 is 0.720 bits per heavy atom. The minimum atomic E-state index is -0.783. The molecule has 3 atom stereocenters. The number of nitrogens with two attached hydrogens (primary N) is 1. The van der Waals surface area contributed by atoms with Crippen LogP contribution in [0.4, 0.5) is 43.4 Å². The van der Waals surface area contributed by atoms with E-state index in [4.69, 9.17) is 10.8 Å². The van der Waals surface area contributed by atoms with Gasteiger partial charge in [0, 0.05) is 144 Å². The van der Waals surface area contributed by atoms with Crippen LogP contribution < -0.4 is 59.5 Å². The molecule has 0 spiro atoms. The van der Waals surface area contributed by atoms with Crippen LogP contribution in [0.5, 0.6) is 17.2 Å². The molecule has 24 nitrogen and oxygen atoms in total. The van der Waals surface area contributed by atoms with Crippen LogP contribution in [0.15, 0.2) is 247 Å². The van der Waals surface area contributed by atoms with Crippen LogP contribution in [0.1, 0.15) is 108 Å². The maximum absolute atomic E-state index is 14.7. The predicted molar refractivity (Wildman–Crippen MR) is 469 cm³/mol. The van der Waals surface area contributed by atoms with Crippen molar-refractivity contribution in [3.63, 3.8) is 0 Å². The summed E-state index contributed by atoms with van der Waals surface area (Å²) in [7, 11) is 0. The molecule has 0 bridgehead atoms. The minimum absolute atomic E-state index is 0.0347. The average Bonchev–Trinajstić information content (AvgIpc) is 0.766. The van der Waals surface area contributed by atoms with Crippen molar-refractivity contribution in [2.75, 3.05) is 93.2 Å². The molecule has 0 radical (unpaired) electrons. The highest BCUT2D eigenvalue weighted by Crippen LogP contribution is 2.29. The molecule has 30 heteroatoms. The Morgan fingerprint density at radius 1 is 0.384 bits per heavy atom. The van der Waals surface area contributed by atoms with E-state index in [0.717, 1.165) is 55.7 Å². The summed E-state index contributed by atoms with van der Waals surface area (Å²) >= 11 is 0. The van der Waals surface area contributed by atoms with Gasteiger partial charge in [0.15, 0.2) is 6.29 Å². The zero-order valence-corrected chi connectivity index (χ0v) is 69.9. The molecule has 12 aromatic rings. The Labute approximate surface area is 717 Å². The smallest absolute Gasteiger partial charge is 0.331 e. The van der Waals surface area contributed by atoms with E-state index in [1.54, 1.807) is 74.2 Å². The van der Waals surface area contributed by atoms with E-state index in [1.165, 1.54) is 60.7 Å². The number of piperazine rings is 3. The Kier molecular flexibility index (Phi) is 30.1. The zero-order chi connectivity index (χ0) is 89.3.